The highest BCUT2D eigenvalue weighted by Gasteiger charge is 2.48. The van der Waals surface area contributed by atoms with Gasteiger partial charge in [0.2, 0.25) is 0 Å². The first-order chi connectivity index (χ1) is 17.9. The average molecular weight is 488 g/mol. The summed E-state index contributed by atoms with van der Waals surface area (Å²) in [6.07, 6.45) is 5.73. The summed E-state index contributed by atoms with van der Waals surface area (Å²) in [6.45, 7) is 5.99. The van der Waals surface area contributed by atoms with Crippen molar-refractivity contribution in [3.8, 4) is 0 Å². The van der Waals surface area contributed by atoms with E-state index in [0.29, 0.717) is 11.1 Å². The molecular formula is C31H20O6. The Kier molecular flexibility index (Phi) is 4.95. The topological polar surface area (TPSA) is 86.7 Å². The van der Waals surface area contributed by atoms with Crippen molar-refractivity contribution in [2.75, 3.05) is 0 Å². The van der Waals surface area contributed by atoms with Gasteiger partial charge in [-0.15, -0.1) is 0 Å². The molecule has 3 aromatic rings. The molecule has 1 unspecified atom stereocenters. The van der Waals surface area contributed by atoms with Crippen molar-refractivity contribution in [3.63, 3.8) is 0 Å². The van der Waals surface area contributed by atoms with Crippen LogP contribution in [0.3, 0.4) is 0 Å². The van der Waals surface area contributed by atoms with Crippen molar-refractivity contribution in [2.45, 2.75) is 18.8 Å². The van der Waals surface area contributed by atoms with Crippen LogP contribution in [0.1, 0.15) is 65.8 Å². The second-order valence-electron chi connectivity index (χ2n) is 9.07. The smallest absolute Gasteiger partial charge is 0.346 e. The number of hydrogen-bond donors (Lipinski definition) is 0. The fraction of sp³-hybridized carbons (Fsp3) is 0.0968. The lowest BCUT2D eigenvalue weighted by atomic mass is 9.66. The van der Waals surface area contributed by atoms with Crippen LogP contribution in [-0.2, 0) is 26.1 Å². The number of fused-ring (bicyclic) bond motifs is 3. The normalized spacial score (nSPS) is 20.0. The predicted molar refractivity (Wildman–Crippen MR) is 135 cm³/mol. The van der Waals surface area contributed by atoms with E-state index in [1.165, 1.54) is 0 Å². The van der Waals surface area contributed by atoms with E-state index < -0.39 is 29.3 Å². The van der Waals surface area contributed by atoms with E-state index in [0.717, 1.165) is 33.4 Å². The maximum Gasteiger partial charge on any atom is 0.346 e. The Balaban J connectivity index is 1.74. The minimum Gasteiger partial charge on any atom is -0.389 e. The van der Waals surface area contributed by atoms with Crippen molar-refractivity contribution < 1.29 is 28.7 Å². The second kappa shape index (κ2) is 8.10. The summed E-state index contributed by atoms with van der Waals surface area (Å²) in [5.41, 5.74) is 5.49. The van der Waals surface area contributed by atoms with Crippen molar-refractivity contribution in [2.24, 2.45) is 0 Å². The van der Waals surface area contributed by atoms with Crippen molar-refractivity contribution in [1.29, 1.82) is 0 Å². The Labute approximate surface area is 212 Å². The van der Waals surface area contributed by atoms with Crippen LogP contribution in [0.15, 0.2) is 91.0 Å². The third-order valence-corrected chi connectivity index (χ3v) is 7.23. The molecule has 37 heavy (non-hydrogen) atoms. The Morgan fingerprint density at radius 2 is 1.46 bits per heavy atom. The molecule has 0 spiro atoms. The number of esters is 4. The molecular weight excluding hydrogens is 468 g/mol. The van der Waals surface area contributed by atoms with Crippen LogP contribution < -0.4 is 0 Å². The summed E-state index contributed by atoms with van der Waals surface area (Å²) in [6, 6.07) is 18.4. The molecule has 2 aliphatic heterocycles. The lowest BCUT2D eigenvalue weighted by molar-refractivity contribution is -0.137. The van der Waals surface area contributed by atoms with E-state index >= 15 is 0 Å². The molecule has 0 saturated heterocycles. The van der Waals surface area contributed by atoms with Gasteiger partial charge in [0.25, 0.3) is 0 Å². The highest BCUT2D eigenvalue weighted by atomic mass is 16.6. The minimum atomic E-state index is -0.968. The van der Waals surface area contributed by atoms with Crippen LogP contribution in [0.4, 0.5) is 0 Å². The maximum atomic E-state index is 12.7. The van der Waals surface area contributed by atoms with E-state index in [-0.39, 0.29) is 17.5 Å². The SMILES string of the molecule is C=CC1=C(/C=C\C)C(c2ccc3c(c2)C(=O)OC(=O)C3)(c2ccc3c(c2)C(=O)OC3=O)c2ccccc21. The number of ether oxygens (including phenoxy) is 2. The zero-order chi connectivity index (χ0) is 25.9. The second-order valence-corrected chi connectivity index (χ2v) is 9.07. The largest absolute Gasteiger partial charge is 0.389 e. The number of allylic oxidation sites excluding steroid dienone is 5. The zero-order valence-electron chi connectivity index (χ0n) is 19.9. The first kappa shape index (κ1) is 22.6. The van der Waals surface area contributed by atoms with Gasteiger partial charge in [0.15, 0.2) is 0 Å². The van der Waals surface area contributed by atoms with E-state index in [2.05, 4.69) is 6.58 Å². The van der Waals surface area contributed by atoms with Gasteiger partial charge in [-0.1, -0.05) is 67.3 Å². The molecule has 0 amide bonds. The van der Waals surface area contributed by atoms with Gasteiger partial charge in [-0.05, 0) is 64.1 Å². The predicted octanol–water partition coefficient (Wildman–Crippen LogP) is 5.10. The number of hydrogen-bond acceptors (Lipinski definition) is 6. The molecule has 6 rings (SSSR count). The number of benzene rings is 3. The third kappa shape index (κ3) is 3.05. The Hall–Kier alpha value is -4.84. The van der Waals surface area contributed by atoms with Gasteiger partial charge >= 0.3 is 23.9 Å². The van der Waals surface area contributed by atoms with Crippen molar-refractivity contribution >= 4 is 29.5 Å². The monoisotopic (exact) mass is 488 g/mol. The van der Waals surface area contributed by atoms with E-state index in [4.69, 9.17) is 9.47 Å². The summed E-state index contributed by atoms with van der Waals surface area (Å²) < 4.78 is 9.78. The Morgan fingerprint density at radius 3 is 2.22 bits per heavy atom. The Morgan fingerprint density at radius 1 is 0.784 bits per heavy atom. The zero-order valence-corrected chi connectivity index (χ0v) is 19.9. The number of carbonyl (C=O) groups is 4. The molecule has 0 N–H and O–H groups in total. The fourth-order valence-electron chi connectivity index (χ4n) is 5.75. The van der Waals surface area contributed by atoms with Gasteiger partial charge < -0.3 is 9.47 Å². The summed E-state index contributed by atoms with van der Waals surface area (Å²) in [5, 5.41) is 0. The summed E-state index contributed by atoms with van der Waals surface area (Å²) in [7, 11) is 0. The van der Waals surface area contributed by atoms with Gasteiger partial charge in [0, 0.05) is 0 Å². The molecule has 0 saturated carbocycles. The highest BCUT2D eigenvalue weighted by Crippen LogP contribution is 2.55. The van der Waals surface area contributed by atoms with Gasteiger partial charge in [0.05, 0.1) is 28.5 Å². The molecule has 6 nitrogen and oxygen atoms in total. The molecule has 6 heteroatoms. The molecule has 180 valence electrons. The number of rotatable bonds is 4. The lowest BCUT2D eigenvalue weighted by Gasteiger charge is -2.35. The third-order valence-electron chi connectivity index (χ3n) is 7.23. The first-order valence-corrected chi connectivity index (χ1v) is 11.8. The van der Waals surface area contributed by atoms with E-state index in [1.807, 2.05) is 55.5 Å². The van der Waals surface area contributed by atoms with Crippen molar-refractivity contribution in [3.05, 3.63) is 136 Å². The first-order valence-electron chi connectivity index (χ1n) is 11.8. The van der Waals surface area contributed by atoms with Gasteiger partial charge in [-0.25, -0.2) is 14.4 Å². The van der Waals surface area contributed by atoms with Crippen LogP contribution in [0.2, 0.25) is 0 Å². The minimum absolute atomic E-state index is 0.00715. The summed E-state index contributed by atoms with van der Waals surface area (Å²) in [4.78, 5) is 49.3. The molecule has 2 heterocycles. The standard InChI is InChI=1S/C31H20O6/c1-3-7-25-20(4-2)21-8-5-6-9-26(21)31(25,19-12-13-22-24(16-19)30(35)37-28(22)33)18-11-10-17-14-27(32)36-29(34)23(17)15-18/h3-13,15-16H,2,14H2,1H3/b7-3-. The van der Waals surface area contributed by atoms with Crippen molar-refractivity contribution in [1.82, 2.24) is 0 Å². The molecule has 0 aromatic heterocycles. The van der Waals surface area contributed by atoms with Gasteiger partial charge in [0.1, 0.15) is 0 Å². The van der Waals surface area contributed by atoms with Crippen LogP contribution in [0.25, 0.3) is 5.57 Å². The lowest BCUT2D eigenvalue weighted by Crippen LogP contribution is -2.31. The fourth-order valence-corrected chi connectivity index (χ4v) is 5.75. The Bertz CT molecular complexity index is 1650. The van der Waals surface area contributed by atoms with Gasteiger partial charge in [-0.3, -0.25) is 4.79 Å². The molecule has 1 atom stereocenters. The summed E-state index contributed by atoms with van der Waals surface area (Å²) in [5.74, 6) is -2.66. The molecule has 3 aromatic carbocycles. The molecule has 0 radical (unpaired) electrons. The molecule has 1 aliphatic carbocycles. The maximum absolute atomic E-state index is 12.7. The molecule has 0 fully saturated rings. The highest BCUT2D eigenvalue weighted by molar-refractivity contribution is 6.15. The van der Waals surface area contributed by atoms with Gasteiger partial charge in [-0.2, -0.15) is 0 Å². The van der Waals surface area contributed by atoms with Crippen LogP contribution in [-0.4, -0.2) is 23.9 Å². The average Bonchev–Trinajstić information content (AvgIpc) is 3.34. The quantitative estimate of drug-likeness (QED) is 0.375. The molecule has 3 aliphatic rings. The summed E-state index contributed by atoms with van der Waals surface area (Å²) >= 11 is 0. The van der Waals surface area contributed by atoms with Crippen LogP contribution in [0.5, 0.6) is 0 Å². The number of cyclic esters (lactones) is 4. The van der Waals surface area contributed by atoms with Crippen LogP contribution >= 0.6 is 0 Å². The molecule has 0 bridgehead atoms. The van der Waals surface area contributed by atoms with E-state index in [9.17, 15) is 19.2 Å². The van der Waals surface area contributed by atoms with Crippen LogP contribution in [0, 0.1) is 0 Å². The van der Waals surface area contributed by atoms with E-state index in [1.54, 1.807) is 30.3 Å². The number of carbonyl (C=O) groups excluding carboxylic acids is 4.